The minimum atomic E-state index is -3.27. The zero-order valence-electron chi connectivity index (χ0n) is 32.7. The molecule has 3 N–H and O–H groups in total. The van der Waals surface area contributed by atoms with Gasteiger partial charge < -0.3 is 35.3 Å². The first kappa shape index (κ1) is 46.3. The number of halogens is 4. The fraction of sp³-hybridized carbons (Fsp3) is 0.590. The molecule has 0 aliphatic carbocycles. The number of carboxylic acids is 1. The summed E-state index contributed by atoms with van der Waals surface area (Å²) in [4.78, 5) is 59.5. The molecule has 2 aromatic rings. The van der Waals surface area contributed by atoms with E-state index in [1.165, 1.54) is 10.6 Å². The molecule has 2 aromatic carbocycles. The van der Waals surface area contributed by atoms with Gasteiger partial charge in [-0.05, 0) is 87.3 Å². The van der Waals surface area contributed by atoms with E-state index in [1.807, 2.05) is 9.80 Å². The summed E-state index contributed by atoms with van der Waals surface area (Å²) in [5.41, 5.74) is 7.38. The second-order valence-corrected chi connectivity index (χ2v) is 19.1. The molecule has 0 saturated carbocycles. The quantitative estimate of drug-likeness (QED) is 0.322. The van der Waals surface area contributed by atoms with Gasteiger partial charge in [0.2, 0.25) is 27.7 Å². The van der Waals surface area contributed by atoms with Gasteiger partial charge >= 0.3 is 5.97 Å². The van der Waals surface area contributed by atoms with Crippen LogP contribution in [0.5, 0.6) is 0 Å². The van der Waals surface area contributed by atoms with Gasteiger partial charge in [-0.25, -0.2) is 8.42 Å². The normalized spacial score (nSPS) is 21.4. The molecule has 3 amide bonds. The van der Waals surface area contributed by atoms with Crippen LogP contribution < -0.4 is 5.73 Å². The first-order valence-electron chi connectivity index (χ1n) is 19.6. The van der Waals surface area contributed by atoms with Gasteiger partial charge in [0, 0.05) is 52.4 Å². The van der Waals surface area contributed by atoms with E-state index in [2.05, 4.69) is 9.80 Å². The third kappa shape index (κ3) is 13.1. The van der Waals surface area contributed by atoms with E-state index in [1.54, 1.807) is 41.3 Å². The number of carboxylic acid groups (broad SMARTS) is 1. The zero-order valence-corrected chi connectivity index (χ0v) is 36.5. The topological polar surface area (TPSA) is 168 Å². The maximum absolute atomic E-state index is 13.1. The number of nitrogens with zero attached hydrogens (tertiary/aromatic N) is 6. The lowest BCUT2D eigenvalue weighted by atomic mass is 10.1. The molecule has 14 nitrogen and oxygen atoms in total. The van der Waals surface area contributed by atoms with Gasteiger partial charge in [-0.15, -0.1) is 0 Å². The van der Waals surface area contributed by atoms with Crippen LogP contribution >= 0.6 is 46.4 Å². The lowest BCUT2D eigenvalue weighted by Gasteiger charge is -2.43. The van der Waals surface area contributed by atoms with Gasteiger partial charge in [-0.2, -0.15) is 4.31 Å². The van der Waals surface area contributed by atoms with Crippen molar-refractivity contribution in [3.63, 3.8) is 0 Å². The summed E-state index contributed by atoms with van der Waals surface area (Å²) < 4.78 is 25.5. The van der Waals surface area contributed by atoms with Gasteiger partial charge in [0.05, 0.1) is 63.7 Å². The Bertz CT molecular complexity index is 1900. The van der Waals surface area contributed by atoms with E-state index >= 15 is 0 Å². The van der Waals surface area contributed by atoms with E-state index in [9.17, 15) is 27.6 Å². The molecule has 4 saturated heterocycles. The summed E-state index contributed by atoms with van der Waals surface area (Å²) in [6.07, 6.45) is 5.79. The van der Waals surface area contributed by atoms with Crippen molar-refractivity contribution in [2.24, 2.45) is 5.73 Å². The number of nitrogens with two attached hydrogens (primary N) is 1. The lowest BCUT2D eigenvalue weighted by Crippen LogP contribution is -2.61. The average Bonchev–Trinajstić information content (AvgIpc) is 3.89. The number of piperazine rings is 2. The van der Waals surface area contributed by atoms with Crippen molar-refractivity contribution in [3.05, 3.63) is 67.6 Å². The van der Waals surface area contributed by atoms with Crippen LogP contribution in [0.3, 0.4) is 0 Å². The summed E-state index contributed by atoms with van der Waals surface area (Å²) in [5, 5.41) is 10.7. The molecule has 58 heavy (non-hydrogen) atoms. The van der Waals surface area contributed by atoms with Crippen molar-refractivity contribution in [3.8, 4) is 0 Å². The number of aliphatic carboxylic acids is 1. The molecule has 3 atom stereocenters. The van der Waals surface area contributed by atoms with E-state index in [0.717, 1.165) is 63.0 Å². The maximum atomic E-state index is 13.1. The monoisotopic (exact) mass is 903 g/mol. The van der Waals surface area contributed by atoms with Gasteiger partial charge in [0.1, 0.15) is 0 Å². The summed E-state index contributed by atoms with van der Waals surface area (Å²) in [6, 6.07) is 8.96. The van der Waals surface area contributed by atoms with Crippen LogP contribution in [0.2, 0.25) is 20.1 Å². The highest BCUT2D eigenvalue weighted by molar-refractivity contribution is 7.88. The first-order chi connectivity index (χ1) is 27.5. The molecule has 0 aromatic heterocycles. The summed E-state index contributed by atoms with van der Waals surface area (Å²) in [5.74, 6) is -1.54. The van der Waals surface area contributed by atoms with E-state index in [-0.39, 0.29) is 42.6 Å². The van der Waals surface area contributed by atoms with Crippen molar-refractivity contribution in [1.82, 2.24) is 28.8 Å². The van der Waals surface area contributed by atoms with E-state index < -0.39 is 28.5 Å². The average molecular weight is 906 g/mol. The highest BCUT2D eigenvalue weighted by Crippen LogP contribution is 2.26. The van der Waals surface area contributed by atoms with Crippen LogP contribution in [0, 0.1) is 0 Å². The molecule has 0 spiro atoms. The fourth-order valence-corrected chi connectivity index (χ4v) is 9.54. The van der Waals surface area contributed by atoms with Crippen molar-refractivity contribution in [2.45, 2.75) is 63.1 Å². The minimum Gasteiger partial charge on any atom is -0.481 e. The van der Waals surface area contributed by atoms with Gasteiger partial charge in [-0.3, -0.25) is 19.2 Å². The van der Waals surface area contributed by atoms with Crippen LogP contribution in [0.15, 0.2) is 36.4 Å². The molecule has 0 radical (unpaired) electrons. The van der Waals surface area contributed by atoms with Gasteiger partial charge in [-0.1, -0.05) is 58.5 Å². The SMILES string of the molecule is CS(=O)(=O)N1CCN(C(=O)Cc2ccc(Cl)c(Cl)c2)[C@H](CN2CCCC2)C1.N[C@@H](CC(=O)O)C(=O)N1CCN(C(=O)Cc2ccc(Cl)c(Cl)c2)[C@H](CN2CCCC2)C1. The number of sulfonamides is 1. The van der Waals surface area contributed by atoms with Crippen LogP contribution in [0.1, 0.15) is 43.2 Å². The maximum Gasteiger partial charge on any atom is 0.305 e. The van der Waals surface area contributed by atoms with Crippen LogP contribution in [-0.2, 0) is 42.0 Å². The lowest BCUT2D eigenvalue weighted by molar-refractivity contribution is -0.146. The van der Waals surface area contributed by atoms with Gasteiger partial charge in [0.25, 0.3) is 0 Å². The van der Waals surface area contributed by atoms with Crippen LogP contribution in [0.25, 0.3) is 0 Å². The van der Waals surface area contributed by atoms with Crippen molar-refractivity contribution in [2.75, 3.05) is 84.8 Å². The van der Waals surface area contributed by atoms with E-state index in [0.29, 0.717) is 72.4 Å². The predicted octanol–water partition coefficient (Wildman–Crippen LogP) is 3.58. The fourth-order valence-electron chi connectivity index (χ4n) is 8.04. The highest BCUT2D eigenvalue weighted by atomic mass is 35.5. The largest absolute Gasteiger partial charge is 0.481 e. The minimum absolute atomic E-state index is 0.00858. The van der Waals surface area contributed by atoms with Crippen LogP contribution in [0.4, 0.5) is 0 Å². The van der Waals surface area contributed by atoms with E-state index in [4.69, 9.17) is 57.2 Å². The second kappa shape index (κ2) is 21.2. The molecule has 4 fully saturated rings. The Morgan fingerprint density at radius 3 is 1.57 bits per heavy atom. The highest BCUT2D eigenvalue weighted by Gasteiger charge is 2.37. The predicted molar refractivity (Wildman–Crippen MR) is 226 cm³/mol. The van der Waals surface area contributed by atoms with Crippen molar-refractivity contribution >= 4 is 80.1 Å². The Morgan fingerprint density at radius 2 is 1.14 bits per heavy atom. The Labute approximate surface area is 361 Å². The number of likely N-dealkylation sites (tertiary alicyclic amines) is 2. The summed E-state index contributed by atoms with van der Waals surface area (Å²) >= 11 is 24.1. The third-order valence-corrected chi connectivity index (χ3v) is 13.8. The number of hydrogen-bond acceptors (Lipinski definition) is 9. The molecule has 19 heteroatoms. The summed E-state index contributed by atoms with van der Waals surface area (Å²) in [7, 11) is -3.27. The molecule has 4 aliphatic heterocycles. The zero-order chi connectivity index (χ0) is 42.1. The number of benzene rings is 2. The molecular weight excluding hydrogens is 852 g/mol. The Kier molecular flexibility index (Phi) is 16.9. The Hall–Kier alpha value is -2.73. The molecule has 4 aliphatic rings. The number of rotatable bonds is 12. The number of carbonyl (C=O) groups is 4. The molecule has 320 valence electrons. The molecular formula is C39H53Cl4N7O7S. The molecule has 0 bridgehead atoms. The van der Waals surface area contributed by atoms with Crippen LogP contribution in [-0.4, -0.2) is 169 Å². The molecule has 6 rings (SSSR count). The van der Waals surface area contributed by atoms with Crippen molar-refractivity contribution < 1.29 is 32.7 Å². The number of amides is 3. The van der Waals surface area contributed by atoms with Crippen molar-refractivity contribution in [1.29, 1.82) is 0 Å². The standard InChI is InChI=1S/C21H28Cl2N4O4.C18H25Cl2N3O3S/c22-16-4-3-14(9-17(16)23)10-19(28)27-8-7-26(21(31)18(24)11-20(29)30)13-15(27)12-25-5-1-2-6-25;1-27(25,26)22-8-9-23(15(13-22)12-21-6-2-3-7-21)18(24)11-14-4-5-16(19)17(20)10-14/h3-4,9,15,18H,1-2,5-8,10-13,24H2,(H,29,30);4-5,10,15H,2-3,6-9,11-13H2,1H3/t15-,18+;15-/m11/s1. The number of hydrogen-bond donors (Lipinski definition) is 2. The molecule has 4 heterocycles. The smallest absolute Gasteiger partial charge is 0.305 e. The number of carbonyl (C=O) groups excluding carboxylic acids is 3. The Morgan fingerprint density at radius 1 is 0.690 bits per heavy atom. The Balaban J connectivity index is 0.000000223. The second-order valence-electron chi connectivity index (χ2n) is 15.5. The molecule has 0 unspecified atom stereocenters. The third-order valence-electron chi connectivity index (χ3n) is 11.1. The van der Waals surface area contributed by atoms with Gasteiger partial charge in [0.15, 0.2) is 0 Å². The summed E-state index contributed by atoms with van der Waals surface area (Å²) in [6.45, 7) is 7.47. The first-order valence-corrected chi connectivity index (χ1v) is 23.0.